The van der Waals surface area contributed by atoms with Crippen LogP contribution in [0, 0.1) is 5.92 Å². The van der Waals surface area contributed by atoms with Gasteiger partial charge in [0.15, 0.2) is 0 Å². The Morgan fingerprint density at radius 2 is 1.97 bits per heavy atom. The van der Waals surface area contributed by atoms with Crippen LogP contribution in [0.3, 0.4) is 0 Å². The Labute approximate surface area is 167 Å². The second-order valence-electron chi connectivity index (χ2n) is 7.27. The summed E-state index contributed by atoms with van der Waals surface area (Å²) in [6.45, 7) is 0. The molecule has 0 atom stereocenters. The zero-order valence-corrected chi connectivity index (χ0v) is 16.0. The average molecular weight is 394 g/mol. The lowest BCUT2D eigenvalue weighted by molar-refractivity contribution is -0.121. The van der Waals surface area contributed by atoms with Gasteiger partial charge in [0.05, 0.1) is 11.7 Å². The zero-order chi connectivity index (χ0) is 20.4. The van der Waals surface area contributed by atoms with Gasteiger partial charge in [0.1, 0.15) is 6.10 Å². The summed E-state index contributed by atoms with van der Waals surface area (Å²) in [7, 11) is 1.87. The third-order valence-electron chi connectivity index (χ3n) is 5.18. The molecule has 150 valence electrons. The van der Waals surface area contributed by atoms with E-state index in [2.05, 4.69) is 20.4 Å². The molecule has 4 rings (SSSR count). The molecule has 1 aliphatic carbocycles. The molecule has 0 saturated heterocycles. The van der Waals surface area contributed by atoms with Gasteiger partial charge in [0.2, 0.25) is 11.9 Å². The van der Waals surface area contributed by atoms with Crippen LogP contribution in [-0.2, 0) is 16.6 Å². The Hall–Kier alpha value is -3.49. The maximum Gasteiger partial charge on any atom is 0.404 e. The Bertz CT molecular complexity index is 1060. The Kier molecular flexibility index (Phi) is 5.11. The third-order valence-corrected chi connectivity index (χ3v) is 5.18. The molecule has 9 heteroatoms. The highest BCUT2D eigenvalue weighted by atomic mass is 16.6. The highest BCUT2D eigenvalue weighted by molar-refractivity contribution is 5.92. The molecule has 3 N–H and O–H groups in total. The van der Waals surface area contributed by atoms with Crippen LogP contribution in [0.15, 0.2) is 36.8 Å². The van der Waals surface area contributed by atoms with Crippen molar-refractivity contribution in [2.75, 3.05) is 5.32 Å². The zero-order valence-electron chi connectivity index (χ0n) is 16.0. The number of nitrogens with one attached hydrogen (secondary N) is 1. The van der Waals surface area contributed by atoms with E-state index in [1.54, 1.807) is 17.1 Å². The fraction of sp³-hybridized carbons (Fsp3) is 0.350. The van der Waals surface area contributed by atoms with Crippen molar-refractivity contribution < 1.29 is 14.3 Å². The molecule has 0 unspecified atom stereocenters. The Morgan fingerprint density at radius 3 is 2.66 bits per heavy atom. The summed E-state index contributed by atoms with van der Waals surface area (Å²) < 4.78 is 6.76. The molecule has 1 saturated carbocycles. The number of nitrogens with zero attached hydrogens (tertiary/aromatic N) is 4. The van der Waals surface area contributed by atoms with Crippen LogP contribution < -0.4 is 11.1 Å². The summed E-state index contributed by atoms with van der Waals surface area (Å²) in [6.07, 6.45) is 6.94. The van der Waals surface area contributed by atoms with Crippen molar-refractivity contribution in [3.05, 3.63) is 36.8 Å². The van der Waals surface area contributed by atoms with Crippen LogP contribution in [0.2, 0.25) is 0 Å². The summed E-state index contributed by atoms with van der Waals surface area (Å²) in [4.78, 5) is 32.2. The minimum atomic E-state index is -0.770. The number of benzene rings is 1. The summed E-state index contributed by atoms with van der Waals surface area (Å²) in [6, 6.07) is 5.90. The monoisotopic (exact) mass is 394 g/mol. The van der Waals surface area contributed by atoms with Gasteiger partial charge in [0.25, 0.3) is 0 Å². The number of hydrogen-bond acceptors (Lipinski definition) is 6. The highest BCUT2D eigenvalue weighted by Gasteiger charge is 2.28. The second kappa shape index (κ2) is 7.86. The van der Waals surface area contributed by atoms with Gasteiger partial charge >= 0.3 is 6.09 Å². The van der Waals surface area contributed by atoms with Crippen molar-refractivity contribution in [3.63, 3.8) is 0 Å². The number of anilines is 1. The van der Waals surface area contributed by atoms with E-state index in [9.17, 15) is 9.59 Å². The molecule has 2 amide bonds. The average Bonchev–Trinajstić information content (AvgIpc) is 3.14. The summed E-state index contributed by atoms with van der Waals surface area (Å²) in [5.74, 6) is -0.00427. The predicted octanol–water partition coefficient (Wildman–Crippen LogP) is 2.62. The Morgan fingerprint density at radius 1 is 1.17 bits per heavy atom. The number of carbonyl (C=O) groups excluding carboxylic acids is 2. The molecule has 2 aromatic heterocycles. The molecule has 9 nitrogen and oxygen atoms in total. The minimum absolute atomic E-state index is 0.120. The van der Waals surface area contributed by atoms with E-state index in [-0.39, 0.29) is 23.9 Å². The predicted molar refractivity (Wildman–Crippen MR) is 107 cm³/mol. The van der Waals surface area contributed by atoms with Gasteiger partial charge in [-0.15, -0.1) is 0 Å². The molecule has 2 heterocycles. The lowest BCUT2D eigenvalue weighted by atomic mass is 9.87. The van der Waals surface area contributed by atoms with Crippen LogP contribution in [0.5, 0.6) is 0 Å². The van der Waals surface area contributed by atoms with Gasteiger partial charge in [-0.25, -0.2) is 14.8 Å². The number of fused-ring (bicyclic) bond motifs is 1. The van der Waals surface area contributed by atoms with E-state index in [0.717, 1.165) is 22.0 Å². The molecule has 1 aromatic carbocycles. The SMILES string of the molecule is Cn1cc(-c2ccc3cnc(NC(=O)C4CCC(OC(N)=O)CC4)nc3c2)cn1. The molecule has 0 bridgehead atoms. The van der Waals surface area contributed by atoms with Crippen molar-refractivity contribution in [1.29, 1.82) is 0 Å². The molecule has 0 aliphatic heterocycles. The normalized spacial score (nSPS) is 19.1. The lowest BCUT2D eigenvalue weighted by Crippen LogP contribution is -2.32. The van der Waals surface area contributed by atoms with Gasteiger partial charge in [-0.05, 0) is 37.3 Å². The quantitative estimate of drug-likeness (QED) is 0.701. The molecule has 1 aliphatic rings. The largest absolute Gasteiger partial charge is 0.446 e. The number of rotatable bonds is 4. The highest BCUT2D eigenvalue weighted by Crippen LogP contribution is 2.27. The first-order valence-electron chi connectivity index (χ1n) is 9.51. The summed E-state index contributed by atoms with van der Waals surface area (Å²) in [5, 5.41) is 7.90. The van der Waals surface area contributed by atoms with Crippen molar-refractivity contribution in [3.8, 4) is 11.1 Å². The molecule has 1 fully saturated rings. The molecular weight excluding hydrogens is 372 g/mol. The maximum atomic E-state index is 12.6. The lowest BCUT2D eigenvalue weighted by Gasteiger charge is -2.26. The summed E-state index contributed by atoms with van der Waals surface area (Å²) >= 11 is 0. The smallest absolute Gasteiger partial charge is 0.404 e. The van der Waals surface area contributed by atoms with Crippen molar-refractivity contribution in [2.24, 2.45) is 18.7 Å². The second-order valence-corrected chi connectivity index (χ2v) is 7.27. The van der Waals surface area contributed by atoms with Crippen LogP contribution >= 0.6 is 0 Å². The van der Waals surface area contributed by atoms with Crippen LogP contribution in [0.4, 0.5) is 10.7 Å². The Balaban J connectivity index is 1.45. The van der Waals surface area contributed by atoms with E-state index in [1.165, 1.54) is 0 Å². The number of nitrogens with two attached hydrogens (primary N) is 1. The number of amides is 2. The summed E-state index contributed by atoms with van der Waals surface area (Å²) in [5.41, 5.74) is 7.79. The first kappa shape index (κ1) is 18.9. The van der Waals surface area contributed by atoms with E-state index in [1.807, 2.05) is 31.4 Å². The number of hydrogen-bond donors (Lipinski definition) is 2. The number of carbonyl (C=O) groups is 2. The van der Waals surface area contributed by atoms with Gasteiger partial charge in [-0.2, -0.15) is 5.10 Å². The number of aromatic nitrogens is 4. The van der Waals surface area contributed by atoms with Gasteiger partial charge in [-0.1, -0.05) is 12.1 Å². The molecule has 29 heavy (non-hydrogen) atoms. The van der Waals surface area contributed by atoms with E-state index < -0.39 is 6.09 Å². The topological polar surface area (TPSA) is 125 Å². The van der Waals surface area contributed by atoms with Gasteiger partial charge in [-0.3, -0.25) is 14.8 Å². The first-order chi connectivity index (χ1) is 14.0. The van der Waals surface area contributed by atoms with E-state index >= 15 is 0 Å². The maximum absolute atomic E-state index is 12.6. The first-order valence-corrected chi connectivity index (χ1v) is 9.51. The minimum Gasteiger partial charge on any atom is -0.446 e. The standard InChI is InChI=1S/C20H22N6O3/c1-26-11-15(10-23-26)13-2-3-14-9-22-20(24-17(14)8-13)25-18(27)12-4-6-16(7-5-12)29-19(21)28/h2-3,8-12,16H,4-7H2,1H3,(H2,21,28)(H,22,24,25,27). The molecule has 0 radical (unpaired) electrons. The van der Waals surface area contributed by atoms with Crippen LogP contribution in [-0.4, -0.2) is 37.9 Å². The van der Waals surface area contributed by atoms with Crippen LogP contribution in [0.1, 0.15) is 25.7 Å². The number of primary amides is 1. The van der Waals surface area contributed by atoms with Crippen LogP contribution in [0.25, 0.3) is 22.0 Å². The molecule has 0 spiro atoms. The number of aryl methyl sites for hydroxylation is 1. The fourth-order valence-corrected chi connectivity index (χ4v) is 3.65. The molecular formula is C20H22N6O3. The number of ether oxygens (including phenoxy) is 1. The van der Waals surface area contributed by atoms with Gasteiger partial charge < -0.3 is 10.5 Å². The van der Waals surface area contributed by atoms with Crippen molar-refractivity contribution in [2.45, 2.75) is 31.8 Å². The fourth-order valence-electron chi connectivity index (χ4n) is 3.65. The van der Waals surface area contributed by atoms with Gasteiger partial charge in [0, 0.05) is 36.3 Å². The van der Waals surface area contributed by atoms with Crippen molar-refractivity contribution in [1.82, 2.24) is 19.7 Å². The van der Waals surface area contributed by atoms with Crippen molar-refractivity contribution >= 4 is 28.9 Å². The third kappa shape index (κ3) is 4.34. The van der Waals surface area contributed by atoms with E-state index in [0.29, 0.717) is 25.7 Å². The van der Waals surface area contributed by atoms with E-state index in [4.69, 9.17) is 10.5 Å². The molecule has 3 aromatic rings.